The van der Waals surface area contributed by atoms with Gasteiger partial charge in [0.25, 0.3) is 0 Å². The summed E-state index contributed by atoms with van der Waals surface area (Å²) >= 11 is 0. The Kier molecular flexibility index (Phi) is 8.52. The quantitative estimate of drug-likeness (QED) is 0.168. The Morgan fingerprint density at radius 1 is 0.333 bits per heavy atom. The van der Waals surface area contributed by atoms with E-state index >= 15 is 0 Å². The van der Waals surface area contributed by atoms with Crippen LogP contribution in [0.15, 0.2) is 213 Å². The molecule has 0 aliphatic heterocycles. The summed E-state index contributed by atoms with van der Waals surface area (Å²) in [6, 6.07) is 72.3. The summed E-state index contributed by atoms with van der Waals surface area (Å²) in [6.45, 7) is 4.81. The molecular formula is C60H41N3. The summed E-state index contributed by atoms with van der Waals surface area (Å²) in [4.78, 5) is 14.7. The van der Waals surface area contributed by atoms with Crippen LogP contribution < -0.4 is 0 Å². The smallest absolute Gasteiger partial charge is 0.160 e. The first-order valence-electron chi connectivity index (χ1n) is 21.7. The maximum absolute atomic E-state index is 5.26. The molecule has 1 aliphatic carbocycles. The Morgan fingerprint density at radius 3 is 1.51 bits per heavy atom. The van der Waals surface area contributed by atoms with Crippen molar-refractivity contribution in [3.63, 3.8) is 0 Å². The van der Waals surface area contributed by atoms with E-state index in [1.807, 2.05) is 30.5 Å². The molecule has 0 saturated heterocycles. The van der Waals surface area contributed by atoms with E-state index in [1.54, 1.807) is 6.20 Å². The minimum absolute atomic E-state index is 0.182. The lowest BCUT2D eigenvalue weighted by Gasteiger charge is -2.26. The molecule has 63 heavy (non-hydrogen) atoms. The van der Waals surface area contributed by atoms with Crippen molar-refractivity contribution in [3.05, 3.63) is 224 Å². The monoisotopic (exact) mass is 803 g/mol. The first kappa shape index (κ1) is 36.8. The molecule has 2 heterocycles. The number of hydrogen-bond acceptors (Lipinski definition) is 3. The predicted octanol–water partition coefficient (Wildman–Crippen LogP) is 15.6. The van der Waals surface area contributed by atoms with Crippen LogP contribution in [-0.2, 0) is 5.41 Å². The van der Waals surface area contributed by atoms with Gasteiger partial charge in [0.2, 0.25) is 0 Å². The fourth-order valence-electron chi connectivity index (χ4n) is 10.3. The van der Waals surface area contributed by atoms with Gasteiger partial charge < -0.3 is 0 Å². The highest BCUT2D eigenvalue weighted by Crippen LogP contribution is 2.55. The molecule has 0 fully saturated rings. The number of nitrogens with zero attached hydrogens (tertiary/aromatic N) is 3. The van der Waals surface area contributed by atoms with Gasteiger partial charge in [0.15, 0.2) is 5.82 Å². The summed E-state index contributed by atoms with van der Waals surface area (Å²) in [6.07, 6.45) is 3.70. The van der Waals surface area contributed by atoms with Crippen LogP contribution in [0.1, 0.15) is 25.0 Å². The van der Waals surface area contributed by atoms with E-state index in [2.05, 4.69) is 195 Å². The maximum Gasteiger partial charge on any atom is 0.160 e. The second-order valence-corrected chi connectivity index (χ2v) is 17.1. The molecule has 0 bridgehead atoms. The largest absolute Gasteiger partial charge is 0.264 e. The zero-order valence-corrected chi connectivity index (χ0v) is 35.0. The van der Waals surface area contributed by atoms with E-state index in [9.17, 15) is 0 Å². The standard InChI is InChI=1S/C60H41N3/c1-60(2)57-43-18-7-6-14-39(43)29-30-54(57)53-24-12-23-52(58(53)60)50-32-31-48(44-19-8-9-20-45(44)50)49-33-34-51(47-22-11-10-21-46(47)49)56-36-55(62-59(63-56)41-15-4-3-5-16-41)40-27-25-38(26-28-40)42-17-13-35-61-37-42/h3-37H,1-2H3. The van der Waals surface area contributed by atoms with Crippen LogP contribution in [0.2, 0.25) is 0 Å². The average Bonchev–Trinajstić information content (AvgIpc) is 3.60. The number of pyridine rings is 1. The van der Waals surface area contributed by atoms with Crippen LogP contribution >= 0.6 is 0 Å². The van der Waals surface area contributed by atoms with Crippen molar-refractivity contribution in [2.75, 3.05) is 0 Å². The van der Waals surface area contributed by atoms with Crippen molar-refractivity contribution < 1.29 is 0 Å². The second-order valence-electron chi connectivity index (χ2n) is 17.1. The van der Waals surface area contributed by atoms with Gasteiger partial charge >= 0.3 is 0 Å². The molecule has 9 aromatic carbocycles. The summed E-state index contributed by atoms with van der Waals surface area (Å²) in [5, 5.41) is 7.43. The molecule has 0 unspecified atom stereocenters. The molecule has 3 heteroatoms. The first-order chi connectivity index (χ1) is 31.0. The SMILES string of the molecule is CC1(C)c2c(cccc2-c2ccc(-c3ccc(-c4cc(-c5ccc(-c6cccnc6)cc5)nc(-c5ccccc5)n4)c4ccccc34)c3ccccc23)-c2ccc3ccccc3c21. The van der Waals surface area contributed by atoms with Crippen LogP contribution in [0.3, 0.4) is 0 Å². The van der Waals surface area contributed by atoms with Gasteiger partial charge in [-0.2, -0.15) is 0 Å². The highest BCUT2D eigenvalue weighted by Gasteiger charge is 2.39. The third-order valence-electron chi connectivity index (χ3n) is 13.2. The lowest BCUT2D eigenvalue weighted by molar-refractivity contribution is 0.668. The zero-order valence-electron chi connectivity index (χ0n) is 35.0. The number of benzene rings is 9. The molecule has 3 nitrogen and oxygen atoms in total. The molecule has 2 aromatic heterocycles. The van der Waals surface area contributed by atoms with Gasteiger partial charge in [-0.15, -0.1) is 0 Å². The van der Waals surface area contributed by atoms with E-state index in [1.165, 1.54) is 71.4 Å². The average molecular weight is 804 g/mol. The molecule has 296 valence electrons. The topological polar surface area (TPSA) is 38.7 Å². The fourth-order valence-corrected chi connectivity index (χ4v) is 10.3. The van der Waals surface area contributed by atoms with Crippen molar-refractivity contribution in [2.45, 2.75) is 19.3 Å². The number of rotatable bonds is 6. The highest BCUT2D eigenvalue weighted by atomic mass is 14.9. The molecule has 0 saturated carbocycles. The van der Waals surface area contributed by atoms with Crippen molar-refractivity contribution in [2.24, 2.45) is 0 Å². The van der Waals surface area contributed by atoms with Crippen LogP contribution in [0.4, 0.5) is 0 Å². The molecule has 0 atom stereocenters. The van der Waals surface area contributed by atoms with Crippen LogP contribution in [0.25, 0.3) is 111 Å². The molecule has 12 rings (SSSR count). The Labute approximate surface area is 367 Å². The van der Waals surface area contributed by atoms with Gasteiger partial charge in [-0.05, 0) is 100 Å². The van der Waals surface area contributed by atoms with Crippen LogP contribution in [0, 0.1) is 0 Å². The molecule has 11 aromatic rings. The molecular weight excluding hydrogens is 763 g/mol. The summed E-state index contributed by atoms with van der Waals surface area (Å²) in [7, 11) is 0. The van der Waals surface area contributed by atoms with Gasteiger partial charge in [-0.1, -0.05) is 202 Å². The van der Waals surface area contributed by atoms with Crippen LogP contribution in [-0.4, -0.2) is 15.0 Å². The Morgan fingerprint density at radius 2 is 0.841 bits per heavy atom. The molecule has 1 aliphatic rings. The Bertz CT molecular complexity index is 3570. The van der Waals surface area contributed by atoms with Crippen molar-refractivity contribution in [1.29, 1.82) is 0 Å². The maximum atomic E-state index is 5.26. The van der Waals surface area contributed by atoms with Crippen molar-refractivity contribution in [3.8, 4) is 78.4 Å². The highest BCUT2D eigenvalue weighted by molar-refractivity contribution is 6.13. The van der Waals surface area contributed by atoms with E-state index < -0.39 is 0 Å². The Hall–Kier alpha value is -8.01. The van der Waals surface area contributed by atoms with E-state index in [0.717, 1.165) is 44.6 Å². The summed E-state index contributed by atoms with van der Waals surface area (Å²) in [5.41, 5.74) is 17.3. The second kappa shape index (κ2) is 14.6. The molecule has 0 N–H and O–H groups in total. The van der Waals surface area contributed by atoms with Gasteiger partial charge in [0.05, 0.1) is 11.4 Å². The summed E-state index contributed by atoms with van der Waals surface area (Å²) < 4.78 is 0. The number of aromatic nitrogens is 3. The normalized spacial score (nSPS) is 12.7. The third-order valence-corrected chi connectivity index (χ3v) is 13.2. The fraction of sp³-hybridized carbons (Fsp3) is 0.0500. The zero-order chi connectivity index (χ0) is 42.1. The van der Waals surface area contributed by atoms with Crippen LogP contribution in [0.5, 0.6) is 0 Å². The number of hydrogen-bond donors (Lipinski definition) is 0. The molecule has 0 radical (unpaired) electrons. The minimum atomic E-state index is -0.182. The van der Waals surface area contributed by atoms with Gasteiger partial charge in [0, 0.05) is 34.5 Å². The number of fused-ring (bicyclic) bond motifs is 7. The van der Waals surface area contributed by atoms with Gasteiger partial charge in [0.1, 0.15) is 0 Å². The lowest BCUT2D eigenvalue weighted by atomic mass is 9.76. The molecule has 0 amide bonds. The first-order valence-corrected chi connectivity index (χ1v) is 21.7. The van der Waals surface area contributed by atoms with E-state index in [4.69, 9.17) is 9.97 Å². The predicted molar refractivity (Wildman–Crippen MR) is 263 cm³/mol. The van der Waals surface area contributed by atoms with Crippen molar-refractivity contribution in [1.82, 2.24) is 15.0 Å². The van der Waals surface area contributed by atoms with Crippen molar-refractivity contribution >= 4 is 32.3 Å². The summed E-state index contributed by atoms with van der Waals surface area (Å²) in [5.74, 6) is 0.695. The van der Waals surface area contributed by atoms with E-state index in [-0.39, 0.29) is 5.41 Å². The Balaban J connectivity index is 0.995. The third kappa shape index (κ3) is 6.00. The van der Waals surface area contributed by atoms with Gasteiger partial charge in [-0.3, -0.25) is 4.98 Å². The lowest BCUT2D eigenvalue weighted by Crippen LogP contribution is -2.17. The molecule has 0 spiro atoms. The van der Waals surface area contributed by atoms with E-state index in [0.29, 0.717) is 5.82 Å². The minimum Gasteiger partial charge on any atom is -0.264 e. The van der Waals surface area contributed by atoms with Gasteiger partial charge in [-0.25, -0.2) is 9.97 Å².